The van der Waals surface area contributed by atoms with E-state index < -0.39 is 17.8 Å². The van der Waals surface area contributed by atoms with E-state index >= 15 is 0 Å². The number of nitrogens with zero attached hydrogens (tertiary/aromatic N) is 1. The first-order chi connectivity index (χ1) is 13.1. The number of aryl methyl sites for hydroxylation is 1. The van der Waals surface area contributed by atoms with E-state index in [1.807, 2.05) is 25.1 Å². The molecule has 0 unspecified atom stereocenters. The van der Waals surface area contributed by atoms with Crippen molar-refractivity contribution in [2.24, 2.45) is 0 Å². The van der Waals surface area contributed by atoms with E-state index in [0.717, 1.165) is 10.5 Å². The lowest BCUT2D eigenvalue weighted by Gasteiger charge is -2.16. The summed E-state index contributed by atoms with van der Waals surface area (Å²) in [6.45, 7) is 1.83. The molecule has 0 bridgehead atoms. The molecule has 0 aromatic heterocycles. The molecule has 1 aliphatic rings. The highest BCUT2D eigenvalue weighted by Crippen LogP contribution is 2.31. The SMILES string of the molecule is Cc1ccccc1N1C(=O)c2ccc(C(=O)Oc3ccccc3)cc2C1=O. The Morgan fingerprint density at radius 2 is 1.48 bits per heavy atom. The molecular formula is C22H15NO4. The average Bonchev–Trinajstić information content (AvgIpc) is 2.93. The zero-order chi connectivity index (χ0) is 19.0. The highest BCUT2D eigenvalue weighted by Gasteiger charge is 2.37. The Balaban J connectivity index is 1.67. The summed E-state index contributed by atoms with van der Waals surface area (Å²) in [5, 5.41) is 0. The predicted molar refractivity (Wildman–Crippen MR) is 100 cm³/mol. The Kier molecular flexibility index (Phi) is 4.05. The zero-order valence-electron chi connectivity index (χ0n) is 14.5. The van der Waals surface area contributed by atoms with Gasteiger partial charge in [-0.15, -0.1) is 0 Å². The first-order valence-electron chi connectivity index (χ1n) is 8.42. The van der Waals surface area contributed by atoms with Crippen molar-refractivity contribution in [1.29, 1.82) is 0 Å². The van der Waals surface area contributed by atoms with E-state index in [-0.39, 0.29) is 16.7 Å². The van der Waals surface area contributed by atoms with Crippen molar-refractivity contribution < 1.29 is 19.1 Å². The first kappa shape index (κ1) is 16.7. The van der Waals surface area contributed by atoms with E-state index in [2.05, 4.69) is 0 Å². The molecule has 0 spiro atoms. The summed E-state index contributed by atoms with van der Waals surface area (Å²) in [6, 6.07) is 20.2. The number of amides is 2. The third-order valence-electron chi connectivity index (χ3n) is 4.43. The summed E-state index contributed by atoms with van der Waals surface area (Å²) >= 11 is 0. The molecule has 132 valence electrons. The second-order valence-corrected chi connectivity index (χ2v) is 6.20. The summed E-state index contributed by atoms with van der Waals surface area (Å²) < 4.78 is 5.30. The van der Waals surface area contributed by atoms with Gasteiger partial charge in [-0.2, -0.15) is 0 Å². The molecule has 3 aromatic carbocycles. The van der Waals surface area contributed by atoms with Crippen LogP contribution in [0, 0.1) is 6.92 Å². The topological polar surface area (TPSA) is 63.7 Å². The Bertz CT molecular complexity index is 1070. The third-order valence-corrected chi connectivity index (χ3v) is 4.43. The van der Waals surface area contributed by atoms with Crippen LogP contribution in [0.2, 0.25) is 0 Å². The van der Waals surface area contributed by atoms with Crippen LogP contribution in [0.25, 0.3) is 0 Å². The molecule has 0 saturated carbocycles. The van der Waals surface area contributed by atoms with Crippen molar-refractivity contribution >= 4 is 23.5 Å². The number of hydrogen-bond acceptors (Lipinski definition) is 4. The molecule has 0 radical (unpaired) electrons. The van der Waals surface area contributed by atoms with Gasteiger partial charge in [0.2, 0.25) is 0 Å². The maximum Gasteiger partial charge on any atom is 0.343 e. The van der Waals surface area contributed by atoms with Crippen molar-refractivity contribution in [2.75, 3.05) is 4.90 Å². The van der Waals surface area contributed by atoms with E-state index in [0.29, 0.717) is 11.4 Å². The number of hydrogen-bond donors (Lipinski definition) is 0. The number of carbonyl (C=O) groups is 3. The predicted octanol–water partition coefficient (Wildman–Crippen LogP) is 4.01. The van der Waals surface area contributed by atoms with Gasteiger partial charge in [-0.3, -0.25) is 9.59 Å². The maximum atomic E-state index is 12.8. The van der Waals surface area contributed by atoms with Crippen LogP contribution in [0.15, 0.2) is 72.8 Å². The summed E-state index contributed by atoms with van der Waals surface area (Å²) in [7, 11) is 0. The molecule has 27 heavy (non-hydrogen) atoms. The van der Waals surface area contributed by atoms with Crippen LogP contribution in [0.4, 0.5) is 5.69 Å². The second-order valence-electron chi connectivity index (χ2n) is 6.20. The van der Waals surface area contributed by atoms with Gasteiger partial charge >= 0.3 is 5.97 Å². The summed E-state index contributed by atoms with van der Waals surface area (Å²) in [5.41, 5.74) is 2.04. The van der Waals surface area contributed by atoms with Crippen LogP contribution in [0.3, 0.4) is 0 Å². The van der Waals surface area contributed by atoms with Crippen molar-refractivity contribution in [3.63, 3.8) is 0 Å². The zero-order valence-corrected chi connectivity index (χ0v) is 14.5. The molecule has 0 fully saturated rings. The fourth-order valence-corrected chi connectivity index (χ4v) is 3.06. The average molecular weight is 357 g/mol. The van der Waals surface area contributed by atoms with Crippen molar-refractivity contribution in [1.82, 2.24) is 0 Å². The Morgan fingerprint density at radius 3 is 2.22 bits per heavy atom. The van der Waals surface area contributed by atoms with Crippen molar-refractivity contribution in [2.45, 2.75) is 6.92 Å². The minimum Gasteiger partial charge on any atom is -0.423 e. The van der Waals surface area contributed by atoms with Crippen LogP contribution in [-0.4, -0.2) is 17.8 Å². The van der Waals surface area contributed by atoms with Gasteiger partial charge in [0.15, 0.2) is 0 Å². The molecule has 1 aliphatic heterocycles. The Morgan fingerprint density at radius 1 is 0.815 bits per heavy atom. The van der Waals surface area contributed by atoms with Gasteiger partial charge in [0.1, 0.15) is 5.75 Å². The highest BCUT2D eigenvalue weighted by atomic mass is 16.5. The molecule has 1 heterocycles. The number of benzene rings is 3. The number of esters is 1. The molecule has 4 rings (SSSR count). The molecule has 2 amide bonds. The standard InChI is InChI=1S/C22H15NO4/c1-14-7-5-6-10-19(14)23-20(24)17-12-11-15(13-18(17)21(23)25)22(26)27-16-8-3-2-4-9-16/h2-13H,1H3. The Hall–Kier alpha value is -3.73. The molecule has 0 saturated heterocycles. The number of para-hydroxylation sites is 2. The Labute approximate surface area is 155 Å². The molecule has 5 heteroatoms. The fraction of sp³-hybridized carbons (Fsp3) is 0.0455. The highest BCUT2D eigenvalue weighted by molar-refractivity contribution is 6.34. The van der Waals surface area contributed by atoms with Crippen molar-refractivity contribution in [3.05, 3.63) is 95.1 Å². The maximum absolute atomic E-state index is 12.8. The van der Waals surface area contributed by atoms with E-state index in [1.165, 1.54) is 18.2 Å². The summed E-state index contributed by atoms with van der Waals surface area (Å²) in [5.74, 6) is -1.02. The van der Waals surface area contributed by atoms with Gasteiger partial charge in [0.25, 0.3) is 11.8 Å². The van der Waals surface area contributed by atoms with Crippen LogP contribution in [0.5, 0.6) is 5.75 Å². The smallest absolute Gasteiger partial charge is 0.343 e. The number of imide groups is 1. The van der Waals surface area contributed by atoms with Crippen LogP contribution >= 0.6 is 0 Å². The van der Waals surface area contributed by atoms with Crippen molar-refractivity contribution in [3.8, 4) is 5.75 Å². The number of anilines is 1. The van der Waals surface area contributed by atoms with Gasteiger partial charge in [-0.05, 0) is 48.9 Å². The molecule has 0 atom stereocenters. The van der Waals surface area contributed by atoms with Crippen LogP contribution in [-0.2, 0) is 0 Å². The second kappa shape index (κ2) is 6.53. The monoisotopic (exact) mass is 357 g/mol. The lowest BCUT2D eigenvalue weighted by molar-refractivity contribution is 0.0734. The third kappa shape index (κ3) is 2.89. The number of carbonyl (C=O) groups excluding carboxylic acids is 3. The van der Waals surface area contributed by atoms with Gasteiger partial charge < -0.3 is 4.74 Å². The molecule has 5 nitrogen and oxygen atoms in total. The lowest BCUT2D eigenvalue weighted by atomic mass is 10.1. The molecule has 0 aliphatic carbocycles. The number of rotatable bonds is 3. The molecule has 0 N–H and O–H groups in total. The largest absolute Gasteiger partial charge is 0.423 e. The number of ether oxygens (including phenoxy) is 1. The molecule has 3 aromatic rings. The van der Waals surface area contributed by atoms with Gasteiger partial charge in [-0.25, -0.2) is 9.69 Å². The minimum atomic E-state index is -0.585. The lowest BCUT2D eigenvalue weighted by Crippen LogP contribution is -2.29. The fourth-order valence-electron chi connectivity index (χ4n) is 3.06. The van der Waals surface area contributed by atoms with Crippen LogP contribution in [0.1, 0.15) is 36.6 Å². The van der Waals surface area contributed by atoms with Crippen LogP contribution < -0.4 is 9.64 Å². The first-order valence-corrected chi connectivity index (χ1v) is 8.42. The number of fused-ring (bicyclic) bond motifs is 1. The van der Waals surface area contributed by atoms with E-state index in [4.69, 9.17) is 4.74 Å². The minimum absolute atomic E-state index is 0.200. The molecular weight excluding hydrogens is 342 g/mol. The summed E-state index contributed by atoms with van der Waals surface area (Å²) in [6.07, 6.45) is 0. The van der Waals surface area contributed by atoms with Gasteiger partial charge in [-0.1, -0.05) is 36.4 Å². The van der Waals surface area contributed by atoms with Gasteiger partial charge in [0.05, 0.1) is 22.4 Å². The van der Waals surface area contributed by atoms with E-state index in [1.54, 1.807) is 36.4 Å². The quantitative estimate of drug-likeness (QED) is 0.404. The van der Waals surface area contributed by atoms with Gasteiger partial charge in [0, 0.05) is 0 Å². The normalized spacial score (nSPS) is 12.9. The summed E-state index contributed by atoms with van der Waals surface area (Å²) in [4.78, 5) is 39.1. The van der Waals surface area contributed by atoms with E-state index in [9.17, 15) is 14.4 Å².